The molecule has 0 amide bonds. The number of nitrogen functional groups attached to an aromatic ring is 1. The Hall–Kier alpha value is -2.87. The molecular formula is C21H28N4O4. The minimum Gasteiger partial charge on any atom is -0.497 e. The van der Waals surface area contributed by atoms with E-state index >= 15 is 0 Å². The van der Waals surface area contributed by atoms with Crippen molar-refractivity contribution < 1.29 is 9.53 Å². The Balaban J connectivity index is 1.87. The summed E-state index contributed by atoms with van der Waals surface area (Å²) in [5, 5.41) is 0. The first-order valence-corrected chi connectivity index (χ1v) is 9.86. The average Bonchev–Trinajstić information content (AvgIpc) is 3.55. The van der Waals surface area contributed by atoms with Crippen molar-refractivity contribution >= 4 is 11.6 Å². The van der Waals surface area contributed by atoms with Gasteiger partial charge in [0.1, 0.15) is 17.1 Å². The van der Waals surface area contributed by atoms with Crippen LogP contribution in [0.3, 0.4) is 0 Å². The van der Waals surface area contributed by atoms with Crippen molar-refractivity contribution in [3.63, 3.8) is 0 Å². The molecule has 1 saturated carbocycles. The topological polar surface area (TPSA) is 99.6 Å². The Kier molecular flexibility index (Phi) is 6.22. The predicted molar refractivity (Wildman–Crippen MR) is 111 cm³/mol. The van der Waals surface area contributed by atoms with Crippen LogP contribution in [0.4, 0.5) is 5.82 Å². The Morgan fingerprint density at radius 2 is 1.90 bits per heavy atom. The van der Waals surface area contributed by atoms with E-state index in [1.165, 1.54) is 11.6 Å². The number of hydrogen-bond acceptors (Lipinski definition) is 6. The van der Waals surface area contributed by atoms with Crippen LogP contribution in [-0.2, 0) is 20.1 Å². The molecule has 8 heteroatoms. The molecule has 1 aliphatic rings. The SMILES string of the molecule is CCCn1c(N)c(C(=O)CN(Cc2ccc(OC)cc2)C2CC2)c(=O)n(C)c1=O. The summed E-state index contributed by atoms with van der Waals surface area (Å²) in [6.45, 7) is 2.94. The van der Waals surface area contributed by atoms with Crippen LogP contribution < -0.4 is 21.7 Å². The van der Waals surface area contributed by atoms with E-state index in [9.17, 15) is 14.4 Å². The molecule has 3 rings (SSSR count). The van der Waals surface area contributed by atoms with E-state index in [1.807, 2.05) is 31.2 Å². The quantitative estimate of drug-likeness (QED) is 0.639. The first-order valence-electron chi connectivity index (χ1n) is 9.86. The summed E-state index contributed by atoms with van der Waals surface area (Å²) in [5.41, 5.74) is 5.92. The summed E-state index contributed by atoms with van der Waals surface area (Å²) in [6.07, 6.45) is 2.71. The summed E-state index contributed by atoms with van der Waals surface area (Å²) in [4.78, 5) is 40.1. The lowest BCUT2D eigenvalue weighted by atomic mass is 10.1. The predicted octanol–water partition coefficient (Wildman–Crippen LogP) is 1.40. The smallest absolute Gasteiger partial charge is 0.332 e. The molecule has 0 unspecified atom stereocenters. The monoisotopic (exact) mass is 400 g/mol. The molecule has 0 aliphatic heterocycles. The van der Waals surface area contributed by atoms with Crippen molar-refractivity contribution in [1.29, 1.82) is 0 Å². The number of ether oxygens (including phenoxy) is 1. The number of rotatable bonds is 9. The fourth-order valence-corrected chi connectivity index (χ4v) is 3.47. The van der Waals surface area contributed by atoms with Crippen molar-refractivity contribution in [2.24, 2.45) is 7.05 Å². The molecule has 0 spiro atoms. The summed E-state index contributed by atoms with van der Waals surface area (Å²) < 4.78 is 7.46. The van der Waals surface area contributed by atoms with Crippen LogP contribution in [0.2, 0.25) is 0 Å². The largest absolute Gasteiger partial charge is 0.497 e. The van der Waals surface area contributed by atoms with Gasteiger partial charge in [-0.1, -0.05) is 19.1 Å². The number of ketones is 1. The van der Waals surface area contributed by atoms with Gasteiger partial charge < -0.3 is 10.5 Å². The van der Waals surface area contributed by atoms with Crippen molar-refractivity contribution in [2.45, 2.75) is 45.3 Å². The van der Waals surface area contributed by atoms with Crippen LogP contribution in [0, 0.1) is 0 Å². The van der Waals surface area contributed by atoms with Crippen molar-refractivity contribution in [1.82, 2.24) is 14.0 Å². The van der Waals surface area contributed by atoms with Crippen LogP contribution in [-0.4, -0.2) is 39.5 Å². The van der Waals surface area contributed by atoms with Crippen LogP contribution in [0.25, 0.3) is 0 Å². The molecular weight excluding hydrogens is 372 g/mol. The molecule has 0 radical (unpaired) electrons. The highest BCUT2D eigenvalue weighted by molar-refractivity contribution is 6.01. The minimum absolute atomic E-state index is 0.0369. The lowest BCUT2D eigenvalue weighted by Gasteiger charge is -2.22. The summed E-state index contributed by atoms with van der Waals surface area (Å²) in [7, 11) is 3.00. The molecule has 2 N–H and O–H groups in total. The number of benzene rings is 1. The Labute approximate surface area is 169 Å². The fraction of sp³-hybridized carbons (Fsp3) is 0.476. The number of carbonyl (C=O) groups excluding carboxylic acids is 1. The first kappa shape index (κ1) is 20.9. The average molecular weight is 400 g/mol. The molecule has 0 atom stereocenters. The number of Topliss-reactive ketones (excluding diaryl/α,β-unsaturated/α-hetero) is 1. The Bertz CT molecular complexity index is 1000. The van der Waals surface area contributed by atoms with Crippen LogP contribution in [0.15, 0.2) is 33.9 Å². The second kappa shape index (κ2) is 8.65. The highest BCUT2D eigenvalue weighted by Crippen LogP contribution is 2.29. The zero-order valence-electron chi connectivity index (χ0n) is 17.2. The minimum atomic E-state index is -0.634. The van der Waals surface area contributed by atoms with Gasteiger partial charge >= 0.3 is 5.69 Å². The zero-order valence-corrected chi connectivity index (χ0v) is 17.2. The van der Waals surface area contributed by atoms with E-state index in [1.54, 1.807) is 7.11 Å². The Morgan fingerprint density at radius 1 is 1.24 bits per heavy atom. The normalized spacial score (nSPS) is 13.7. The molecule has 2 aromatic rings. The zero-order chi connectivity index (χ0) is 21.1. The maximum Gasteiger partial charge on any atom is 0.332 e. The summed E-state index contributed by atoms with van der Waals surface area (Å²) >= 11 is 0. The van der Waals surface area contributed by atoms with E-state index in [-0.39, 0.29) is 23.7 Å². The van der Waals surface area contributed by atoms with E-state index in [2.05, 4.69) is 4.90 Å². The van der Waals surface area contributed by atoms with Crippen LogP contribution >= 0.6 is 0 Å². The number of nitrogens with zero attached hydrogens (tertiary/aromatic N) is 3. The standard InChI is InChI=1S/C21H28N4O4/c1-4-11-25-19(22)18(20(27)23(2)21(25)28)17(26)13-24(15-7-8-15)12-14-5-9-16(29-3)10-6-14/h5-6,9-10,15H,4,7-8,11-13,22H2,1-3H3. The third-order valence-electron chi connectivity index (χ3n) is 5.26. The van der Waals surface area contributed by atoms with E-state index in [0.717, 1.165) is 28.7 Å². The van der Waals surface area contributed by atoms with Crippen LogP contribution in [0.1, 0.15) is 42.1 Å². The van der Waals surface area contributed by atoms with Crippen molar-refractivity contribution in [3.8, 4) is 5.75 Å². The highest BCUT2D eigenvalue weighted by atomic mass is 16.5. The molecule has 1 aromatic heterocycles. The third-order valence-corrected chi connectivity index (χ3v) is 5.26. The van der Waals surface area contributed by atoms with Gasteiger partial charge in [0, 0.05) is 26.2 Å². The lowest BCUT2D eigenvalue weighted by Crippen LogP contribution is -2.44. The number of anilines is 1. The van der Waals surface area contributed by atoms with Gasteiger partial charge in [-0.3, -0.25) is 23.6 Å². The molecule has 29 heavy (non-hydrogen) atoms. The number of aromatic nitrogens is 2. The van der Waals surface area contributed by atoms with Gasteiger partial charge in [-0.2, -0.15) is 0 Å². The first-order chi connectivity index (χ1) is 13.9. The number of nitrogens with two attached hydrogens (primary N) is 1. The number of carbonyl (C=O) groups is 1. The van der Waals surface area contributed by atoms with Gasteiger partial charge in [0.05, 0.1) is 13.7 Å². The molecule has 1 aliphatic carbocycles. The number of methoxy groups -OCH3 is 1. The van der Waals surface area contributed by atoms with Gasteiger partial charge in [-0.15, -0.1) is 0 Å². The second-order valence-corrected chi connectivity index (χ2v) is 7.47. The molecule has 1 fully saturated rings. The molecule has 156 valence electrons. The van der Waals surface area contributed by atoms with Crippen molar-refractivity contribution in [3.05, 3.63) is 56.2 Å². The molecule has 1 heterocycles. The van der Waals surface area contributed by atoms with Gasteiger partial charge in [-0.05, 0) is 37.0 Å². The summed E-state index contributed by atoms with van der Waals surface area (Å²) in [5.74, 6) is 0.385. The van der Waals surface area contributed by atoms with Gasteiger partial charge in [0.15, 0.2) is 5.78 Å². The van der Waals surface area contributed by atoms with Crippen molar-refractivity contribution in [2.75, 3.05) is 19.4 Å². The fourth-order valence-electron chi connectivity index (χ4n) is 3.47. The van der Waals surface area contributed by atoms with Gasteiger partial charge in [0.25, 0.3) is 5.56 Å². The molecule has 0 saturated heterocycles. The molecule has 8 nitrogen and oxygen atoms in total. The summed E-state index contributed by atoms with van der Waals surface area (Å²) in [6, 6.07) is 8.02. The lowest BCUT2D eigenvalue weighted by molar-refractivity contribution is 0.0917. The van der Waals surface area contributed by atoms with E-state index < -0.39 is 11.2 Å². The maximum absolute atomic E-state index is 13.1. The third kappa shape index (κ3) is 4.42. The van der Waals surface area contributed by atoms with Gasteiger partial charge in [0.2, 0.25) is 0 Å². The Morgan fingerprint density at radius 3 is 2.45 bits per heavy atom. The van der Waals surface area contributed by atoms with E-state index in [0.29, 0.717) is 25.6 Å². The van der Waals surface area contributed by atoms with E-state index in [4.69, 9.17) is 10.5 Å². The maximum atomic E-state index is 13.1. The second-order valence-electron chi connectivity index (χ2n) is 7.47. The number of hydrogen-bond donors (Lipinski definition) is 1. The van der Waals surface area contributed by atoms with Crippen LogP contribution in [0.5, 0.6) is 5.75 Å². The molecule has 0 bridgehead atoms. The van der Waals surface area contributed by atoms with Gasteiger partial charge in [-0.25, -0.2) is 4.79 Å². The molecule has 1 aromatic carbocycles. The highest BCUT2D eigenvalue weighted by Gasteiger charge is 2.32.